The van der Waals surface area contributed by atoms with E-state index in [4.69, 9.17) is 10.5 Å². The molecule has 2 aromatic rings. The highest BCUT2D eigenvalue weighted by molar-refractivity contribution is 5.95. The van der Waals surface area contributed by atoms with Gasteiger partial charge in [-0.05, 0) is 24.6 Å². The maximum absolute atomic E-state index is 11.2. The van der Waals surface area contributed by atoms with Crippen LogP contribution >= 0.6 is 0 Å². The Kier molecular flexibility index (Phi) is 3.05. The van der Waals surface area contributed by atoms with Crippen molar-refractivity contribution in [2.75, 3.05) is 0 Å². The maximum atomic E-state index is 11.2. The zero-order chi connectivity index (χ0) is 12.3. The van der Waals surface area contributed by atoms with Gasteiger partial charge in [0, 0.05) is 12.3 Å². The molecule has 0 aliphatic heterocycles. The number of nitrogens with two attached hydrogens (primary N) is 1. The molecule has 1 aromatic heterocycles. The van der Waals surface area contributed by atoms with E-state index in [1.54, 1.807) is 36.5 Å². The number of ether oxygens (including phenoxy) is 1. The van der Waals surface area contributed by atoms with Gasteiger partial charge in [-0.1, -0.05) is 18.2 Å². The van der Waals surface area contributed by atoms with Crippen molar-refractivity contribution in [3.8, 4) is 11.6 Å². The highest BCUT2D eigenvalue weighted by atomic mass is 16.5. The minimum Gasteiger partial charge on any atom is -0.438 e. The number of carbonyl (C=O) groups excluding carboxylic acids is 1. The summed E-state index contributed by atoms with van der Waals surface area (Å²) < 4.78 is 5.51. The minimum absolute atomic E-state index is 0.342. The van der Waals surface area contributed by atoms with E-state index in [-0.39, 0.29) is 0 Å². The van der Waals surface area contributed by atoms with Crippen LogP contribution in [0.1, 0.15) is 15.9 Å². The van der Waals surface area contributed by atoms with Crippen LogP contribution in [0.15, 0.2) is 42.6 Å². The third-order valence-corrected chi connectivity index (χ3v) is 2.25. The fourth-order valence-corrected chi connectivity index (χ4v) is 1.39. The van der Waals surface area contributed by atoms with Crippen molar-refractivity contribution < 1.29 is 9.53 Å². The highest BCUT2D eigenvalue weighted by Gasteiger charge is 2.09. The number of aryl methyl sites for hydroxylation is 1. The summed E-state index contributed by atoms with van der Waals surface area (Å²) in [6.07, 6.45) is 1.70. The first kappa shape index (κ1) is 11.1. The minimum atomic E-state index is -0.521. The summed E-state index contributed by atoms with van der Waals surface area (Å²) in [5, 5.41) is 0. The number of amides is 1. The fourth-order valence-electron chi connectivity index (χ4n) is 1.39. The van der Waals surface area contributed by atoms with E-state index in [1.807, 2.05) is 13.0 Å². The van der Waals surface area contributed by atoms with Crippen molar-refractivity contribution in [1.29, 1.82) is 0 Å². The Morgan fingerprint density at radius 2 is 2.00 bits per heavy atom. The average Bonchev–Trinajstić information content (AvgIpc) is 2.32. The first-order valence-corrected chi connectivity index (χ1v) is 5.16. The van der Waals surface area contributed by atoms with Crippen molar-refractivity contribution in [3.63, 3.8) is 0 Å². The van der Waals surface area contributed by atoms with E-state index < -0.39 is 5.91 Å². The van der Waals surface area contributed by atoms with Gasteiger partial charge in [0.15, 0.2) is 0 Å². The standard InChI is InChI=1S/C13H12N2O2/c1-9-6-7-12(15-8-9)17-11-5-3-2-4-10(11)13(14)16/h2-8H,1H3,(H2,14,16). The zero-order valence-electron chi connectivity index (χ0n) is 9.38. The molecule has 4 heteroatoms. The SMILES string of the molecule is Cc1ccc(Oc2ccccc2C(N)=O)nc1. The second-order valence-electron chi connectivity index (χ2n) is 3.64. The molecule has 0 bridgehead atoms. The van der Waals surface area contributed by atoms with Crippen molar-refractivity contribution in [2.45, 2.75) is 6.92 Å². The number of aromatic nitrogens is 1. The Hall–Kier alpha value is -2.36. The van der Waals surface area contributed by atoms with Gasteiger partial charge in [0.05, 0.1) is 5.56 Å². The number of primary amides is 1. The summed E-state index contributed by atoms with van der Waals surface area (Å²) in [6.45, 7) is 1.94. The third kappa shape index (κ3) is 2.60. The van der Waals surface area contributed by atoms with Crippen LogP contribution < -0.4 is 10.5 Å². The van der Waals surface area contributed by atoms with Crippen molar-refractivity contribution >= 4 is 5.91 Å². The summed E-state index contributed by atoms with van der Waals surface area (Å²) >= 11 is 0. The van der Waals surface area contributed by atoms with E-state index in [1.165, 1.54) is 0 Å². The molecule has 0 unspecified atom stereocenters. The van der Waals surface area contributed by atoms with Gasteiger partial charge in [0.2, 0.25) is 5.88 Å². The van der Waals surface area contributed by atoms with Gasteiger partial charge < -0.3 is 10.5 Å². The van der Waals surface area contributed by atoms with Crippen LogP contribution in [0.25, 0.3) is 0 Å². The van der Waals surface area contributed by atoms with Crippen LogP contribution in [0, 0.1) is 6.92 Å². The van der Waals surface area contributed by atoms with Crippen LogP contribution in [0.5, 0.6) is 11.6 Å². The van der Waals surface area contributed by atoms with Crippen LogP contribution in [0.3, 0.4) is 0 Å². The molecule has 0 saturated carbocycles. The molecular weight excluding hydrogens is 216 g/mol. The molecule has 2 rings (SSSR count). The van der Waals surface area contributed by atoms with E-state index in [0.29, 0.717) is 17.2 Å². The molecule has 0 atom stereocenters. The summed E-state index contributed by atoms with van der Waals surface area (Å²) in [6, 6.07) is 10.4. The smallest absolute Gasteiger partial charge is 0.252 e. The predicted molar refractivity (Wildman–Crippen MR) is 64.0 cm³/mol. The molecule has 1 amide bonds. The molecule has 86 valence electrons. The van der Waals surface area contributed by atoms with E-state index in [0.717, 1.165) is 5.56 Å². The molecule has 4 nitrogen and oxygen atoms in total. The van der Waals surface area contributed by atoms with Gasteiger partial charge in [-0.3, -0.25) is 4.79 Å². The lowest BCUT2D eigenvalue weighted by molar-refractivity contribution is 0.0998. The van der Waals surface area contributed by atoms with Gasteiger partial charge in [-0.15, -0.1) is 0 Å². The van der Waals surface area contributed by atoms with Crippen LogP contribution in [0.2, 0.25) is 0 Å². The number of carbonyl (C=O) groups is 1. The molecule has 0 spiro atoms. The maximum Gasteiger partial charge on any atom is 0.252 e. The number of nitrogens with zero attached hydrogens (tertiary/aromatic N) is 1. The Balaban J connectivity index is 2.30. The zero-order valence-corrected chi connectivity index (χ0v) is 9.38. The predicted octanol–water partition coefficient (Wildman–Crippen LogP) is 2.28. The number of pyridine rings is 1. The molecule has 0 aliphatic rings. The van der Waals surface area contributed by atoms with Crippen LogP contribution in [0.4, 0.5) is 0 Å². The lowest BCUT2D eigenvalue weighted by Crippen LogP contribution is -2.12. The van der Waals surface area contributed by atoms with Gasteiger partial charge in [-0.2, -0.15) is 0 Å². The molecule has 1 heterocycles. The van der Waals surface area contributed by atoms with Gasteiger partial charge in [0.1, 0.15) is 5.75 Å². The van der Waals surface area contributed by atoms with Gasteiger partial charge >= 0.3 is 0 Å². The molecule has 17 heavy (non-hydrogen) atoms. The summed E-state index contributed by atoms with van der Waals surface area (Å²) in [5.41, 5.74) is 6.64. The summed E-state index contributed by atoms with van der Waals surface area (Å²) in [4.78, 5) is 15.3. The Labute approximate surface area is 99.1 Å². The lowest BCUT2D eigenvalue weighted by Gasteiger charge is -2.07. The molecule has 0 fully saturated rings. The first-order chi connectivity index (χ1) is 8.16. The second kappa shape index (κ2) is 4.65. The number of hydrogen-bond donors (Lipinski definition) is 1. The number of benzene rings is 1. The molecular formula is C13H12N2O2. The van der Waals surface area contributed by atoms with E-state index in [9.17, 15) is 4.79 Å². The van der Waals surface area contributed by atoms with E-state index >= 15 is 0 Å². The average molecular weight is 228 g/mol. The third-order valence-electron chi connectivity index (χ3n) is 2.25. The molecule has 0 aliphatic carbocycles. The Morgan fingerprint density at radius 3 is 2.65 bits per heavy atom. The lowest BCUT2D eigenvalue weighted by atomic mass is 10.2. The number of para-hydroxylation sites is 1. The number of rotatable bonds is 3. The van der Waals surface area contributed by atoms with Gasteiger partial charge in [-0.25, -0.2) is 4.98 Å². The molecule has 2 N–H and O–H groups in total. The topological polar surface area (TPSA) is 65.2 Å². The fraction of sp³-hybridized carbons (Fsp3) is 0.0769. The van der Waals surface area contributed by atoms with Crippen molar-refractivity contribution in [3.05, 3.63) is 53.7 Å². The van der Waals surface area contributed by atoms with E-state index in [2.05, 4.69) is 4.98 Å². The van der Waals surface area contributed by atoms with Crippen molar-refractivity contribution in [1.82, 2.24) is 4.98 Å². The first-order valence-electron chi connectivity index (χ1n) is 5.16. The molecule has 1 aromatic carbocycles. The van der Waals surface area contributed by atoms with Crippen molar-refractivity contribution in [2.24, 2.45) is 5.73 Å². The molecule has 0 saturated heterocycles. The quantitative estimate of drug-likeness (QED) is 0.876. The number of hydrogen-bond acceptors (Lipinski definition) is 3. The Bertz CT molecular complexity index is 535. The largest absolute Gasteiger partial charge is 0.438 e. The van der Waals surface area contributed by atoms with Crippen LogP contribution in [-0.2, 0) is 0 Å². The van der Waals surface area contributed by atoms with Gasteiger partial charge in [0.25, 0.3) is 5.91 Å². The molecule has 0 radical (unpaired) electrons. The monoisotopic (exact) mass is 228 g/mol. The summed E-state index contributed by atoms with van der Waals surface area (Å²) in [5.74, 6) is 0.327. The van der Waals surface area contributed by atoms with Crippen LogP contribution in [-0.4, -0.2) is 10.9 Å². The normalized spacial score (nSPS) is 9.94. The Morgan fingerprint density at radius 1 is 1.24 bits per heavy atom. The second-order valence-corrected chi connectivity index (χ2v) is 3.64. The highest BCUT2D eigenvalue weighted by Crippen LogP contribution is 2.23. The summed E-state index contributed by atoms with van der Waals surface area (Å²) in [7, 11) is 0.